The molecule has 4 N–H and O–H groups in total. The molecule has 2 aliphatic heterocycles. The van der Waals surface area contributed by atoms with Crippen LogP contribution in [-0.4, -0.2) is 129 Å². The number of benzene rings is 2. The molecule has 0 bridgehead atoms. The van der Waals surface area contributed by atoms with E-state index in [4.69, 9.17) is 9.47 Å². The zero-order valence-corrected chi connectivity index (χ0v) is 34.4. The number of unbranched alkanes of at least 4 members (excludes halogenated alkanes) is 1. The third-order valence-corrected chi connectivity index (χ3v) is 12.0. The number of aromatic amines is 1. The van der Waals surface area contributed by atoms with Gasteiger partial charge in [0.1, 0.15) is 11.4 Å². The molecule has 7 rings (SSSR count). The van der Waals surface area contributed by atoms with E-state index in [-0.39, 0.29) is 35.3 Å². The van der Waals surface area contributed by atoms with Crippen LogP contribution < -0.4 is 10.9 Å². The lowest BCUT2D eigenvalue weighted by Crippen LogP contribution is -2.58. The number of hydrogen-bond acceptors (Lipinski definition) is 10. The van der Waals surface area contributed by atoms with Crippen molar-refractivity contribution in [2.24, 2.45) is 5.92 Å². The van der Waals surface area contributed by atoms with Crippen molar-refractivity contribution in [1.29, 1.82) is 0 Å². The van der Waals surface area contributed by atoms with Crippen LogP contribution in [0.2, 0.25) is 0 Å². The molecule has 4 aromatic rings. The quantitative estimate of drug-likeness (QED) is 0.0950. The number of likely N-dealkylation sites (tertiary alicyclic amines) is 1. The molecule has 2 aromatic heterocycles. The number of H-pyrrole nitrogens is 1. The number of fused-ring (bicyclic) bond motifs is 1. The number of nitrogens with one attached hydrogen (secondary N) is 2. The molecule has 2 amide bonds. The second kappa shape index (κ2) is 20.1. The van der Waals surface area contributed by atoms with Crippen LogP contribution in [0.4, 0.5) is 0 Å². The number of piperidine rings is 1. The number of aliphatic hydroxyl groups excluding tert-OH is 1. The molecule has 14 heteroatoms. The number of morpholine rings is 1. The summed E-state index contributed by atoms with van der Waals surface area (Å²) in [4.78, 5) is 47.2. The Morgan fingerprint density at radius 3 is 2.71 bits per heavy atom. The molecule has 0 radical (unpaired) electrons. The Morgan fingerprint density at radius 1 is 1.07 bits per heavy atom. The molecular weight excluding hydrogens is 751 g/mol. The molecule has 3 aliphatic rings. The SMILES string of the molecule is CCCCN(CCNCC(O)c1ccc(O)c2[nH]c(=O)ccc12)C(=O)CCOCCc1cccc(CN2CCC3(CC2)CN(C(=O)c2ccn(CC4CC4)n2)CCO3)c1. The second-order valence-electron chi connectivity index (χ2n) is 16.6. The zero-order valence-electron chi connectivity index (χ0n) is 34.4. The van der Waals surface area contributed by atoms with Gasteiger partial charge in [-0.1, -0.05) is 43.7 Å². The number of phenols is 1. The van der Waals surface area contributed by atoms with E-state index < -0.39 is 6.10 Å². The number of phenolic OH excluding ortho intramolecular Hbond substituents is 1. The molecule has 1 aliphatic carbocycles. The first-order valence-electron chi connectivity index (χ1n) is 21.5. The average molecular weight is 812 g/mol. The largest absolute Gasteiger partial charge is 0.506 e. The van der Waals surface area contributed by atoms with Crippen LogP contribution in [0.25, 0.3) is 10.9 Å². The number of hydrogen-bond donors (Lipinski definition) is 4. The van der Waals surface area contributed by atoms with Crippen molar-refractivity contribution in [3.8, 4) is 5.75 Å². The van der Waals surface area contributed by atoms with E-state index in [0.29, 0.717) is 87.0 Å². The lowest BCUT2D eigenvalue weighted by atomic mass is 9.89. The maximum absolute atomic E-state index is 13.4. The van der Waals surface area contributed by atoms with Crippen LogP contribution in [0.15, 0.2) is 65.6 Å². The third kappa shape index (κ3) is 11.6. The Kier molecular flexibility index (Phi) is 14.5. The van der Waals surface area contributed by atoms with Crippen LogP contribution >= 0.6 is 0 Å². The number of amides is 2. The molecule has 3 fully saturated rings. The van der Waals surface area contributed by atoms with Gasteiger partial charge in [0, 0.05) is 76.6 Å². The van der Waals surface area contributed by atoms with Crippen molar-refractivity contribution in [3.63, 3.8) is 0 Å². The highest BCUT2D eigenvalue weighted by atomic mass is 16.5. The number of nitrogens with zero attached hydrogens (tertiary/aromatic N) is 5. The summed E-state index contributed by atoms with van der Waals surface area (Å²) in [6, 6.07) is 16.6. The molecule has 1 spiro atoms. The standard InChI is InChI=1S/C45H61N7O7/c1-2-3-19-50(23-18-46-29-40(54)36-9-11-39(53)43-37(36)10-12-41(55)47-43)42(56)15-26-58-25-14-33-5-4-6-35(28-33)30-49-21-16-45(17-22-49)32-51(24-27-59-45)44(57)38-13-20-52(48-38)31-34-7-8-34/h4-6,9-13,20,28,34,40,46,53-54H,2-3,7-8,14-19,21-27,29-32H2,1H3,(H,47,55). The Bertz CT molecular complexity index is 2070. The van der Waals surface area contributed by atoms with Gasteiger partial charge in [-0.05, 0) is 79.3 Å². The van der Waals surface area contributed by atoms with Crippen molar-refractivity contribution >= 4 is 22.7 Å². The molecule has 1 unspecified atom stereocenters. The lowest BCUT2D eigenvalue weighted by molar-refractivity contribution is -0.132. The van der Waals surface area contributed by atoms with E-state index in [2.05, 4.69) is 51.5 Å². The summed E-state index contributed by atoms with van der Waals surface area (Å²) in [5, 5.41) is 29.5. The number of aromatic hydroxyl groups is 1. The van der Waals surface area contributed by atoms with Gasteiger partial charge in [0.25, 0.3) is 5.91 Å². The van der Waals surface area contributed by atoms with E-state index in [1.165, 1.54) is 36.1 Å². The first-order valence-corrected chi connectivity index (χ1v) is 21.5. The average Bonchev–Trinajstić information content (AvgIpc) is 3.94. The van der Waals surface area contributed by atoms with Crippen molar-refractivity contribution in [2.45, 2.75) is 83.1 Å². The molecule has 2 aromatic carbocycles. The smallest absolute Gasteiger partial charge is 0.274 e. The molecular formula is C45H61N7O7. The third-order valence-electron chi connectivity index (χ3n) is 12.0. The minimum atomic E-state index is -0.864. The summed E-state index contributed by atoms with van der Waals surface area (Å²) in [6.45, 7) is 10.3. The van der Waals surface area contributed by atoms with Gasteiger partial charge in [0.15, 0.2) is 0 Å². The van der Waals surface area contributed by atoms with Crippen molar-refractivity contribution in [1.82, 2.24) is 34.8 Å². The van der Waals surface area contributed by atoms with Gasteiger partial charge in [-0.15, -0.1) is 0 Å². The van der Waals surface area contributed by atoms with Gasteiger partial charge in [0.2, 0.25) is 11.5 Å². The summed E-state index contributed by atoms with van der Waals surface area (Å²) < 4.78 is 14.2. The van der Waals surface area contributed by atoms with Gasteiger partial charge in [-0.3, -0.25) is 24.0 Å². The van der Waals surface area contributed by atoms with E-state index >= 15 is 0 Å². The molecule has 2 saturated heterocycles. The summed E-state index contributed by atoms with van der Waals surface area (Å²) in [5.41, 5.74) is 3.27. The fourth-order valence-corrected chi connectivity index (χ4v) is 8.32. The van der Waals surface area contributed by atoms with E-state index in [9.17, 15) is 24.6 Å². The number of carbonyl (C=O) groups excluding carboxylic acids is 2. The summed E-state index contributed by atoms with van der Waals surface area (Å²) in [7, 11) is 0. The van der Waals surface area contributed by atoms with Crippen LogP contribution in [-0.2, 0) is 33.8 Å². The fraction of sp³-hybridized carbons (Fsp3) is 0.556. The molecule has 4 heterocycles. The van der Waals surface area contributed by atoms with Crippen LogP contribution in [0.1, 0.15) is 85.2 Å². The van der Waals surface area contributed by atoms with Gasteiger partial charge >= 0.3 is 0 Å². The second-order valence-corrected chi connectivity index (χ2v) is 16.6. The highest BCUT2D eigenvalue weighted by Gasteiger charge is 2.41. The predicted octanol–water partition coefficient (Wildman–Crippen LogP) is 4.25. The summed E-state index contributed by atoms with van der Waals surface area (Å²) in [5.74, 6) is 0.718. The topological polar surface area (TPSA) is 165 Å². The molecule has 1 saturated carbocycles. The maximum atomic E-state index is 13.4. The van der Waals surface area contributed by atoms with E-state index in [0.717, 1.165) is 58.3 Å². The monoisotopic (exact) mass is 811 g/mol. The Hall–Kier alpha value is -4.60. The Labute approximate surface area is 346 Å². The number of ether oxygens (including phenoxy) is 2. The predicted molar refractivity (Wildman–Crippen MR) is 225 cm³/mol. The van der Waals surface area contributed by atoms with Gasteiger partial charge in [-0.2, -0.15) is 5.10 Å². The molecule has 318 valence electrons. The molecule has 1 atom stereocenters. The van der Waals surface area contributed by atoms with Crippen molar-refractivity contribution in [3.05, 3.63) is 93.5 Å². The molecule has 59 heavy (non-hydrogen) atoms. The van der Waals surface area contributed by atoms with Crippen LogP contribution in [0.3, 0.4) is 0 Å². The first-order chi connectivity index (χ1) is 28.7. The van der Waals surface area contributed by atoms with Crippen molar-refractivity contribution < 1.29 is 29.3 Å². The summed E-state index contributed by atoms with van der Waals surface area (Å²) in [6.07, 6.45) is 8.30. The number of pyridine rings is 1. The van der Waals surface area contributed by atoms with Gasteiger partial charge < -0.3 is 39.8 Å². The highest BCUT2D eigenvalue weighted by molar-refractivity contribution is 5.92. The number of rotatable bonds is 20. The fourth-order valence-electron chi connectivity index (χ4n) is 8.32. The Morgan fingerprint density at radius 2 is 1.90 bits per heavy atom. The lowest BCUT2D eigenvalue weighted by Gasteiger charge is -2.47. The highest BCUT2D eigenvalue weighted by Crippen LogP contribution is 2.33. The first kappa shape index (κ1) is 42.5. The minimum Gasteiger partial charge on any atom is -0.506 e. The van der Waals surface area contributed by atoms with Crippen molar-refractivity contribution in [2.75, 3.05) is 72.2 Å². The van der Waals surface area contributed by atoms with Gasteiger partial charge in [-0.25, -0.2) is 0 Å². The molecule has 14 nitrogen and oxygen atoms in total. The normalized spacial score (nSPS) is 17.4. The van der Waals surface area contributed by atoms with E-state index in [1.807, 2.05) is 26.7 Å². The maximum Gasteiger partial charge on any atom is 0.274 e. The zero-order chi connectivity index (χ0) is 41.2. The summed E-state index contributed by atoms with van der Waals surface area (Å²) >= 11 is 0. The Balaban J connectivity index is 0.796. The van der Waals surface area contributed by atoms with E-state index in [1.54, 1.807) is 12.1 Å². The number of aromatic nitrogens is 3. The number of aliphatic hydroxyl groups is 1. The van der Waals surface area contributed by atoms with Crippen LogP contribution in [0, 0.1) is 5.92 Å². The van der Waals surface area contributed by atoms with Crippen LogP contribution in [0.5, 0.6) is 5.75 Å². The van der Waals surface area contributed by atoms with Gasteiger partial charge in [0.05, 0.1) is 50.0 Å². The minimum absolute atomic E-state index is 0.00741. The number of carbonyl (C=O) groups is 2.